The van der Waals surface area contributed by atoms with E-state index < -0.39 is 12.1 Å². The maximum absolute atomic E-state index is 12.0. The van der Waals surface area contributed by atoms with Gasteiger partial charge in [0, 0.05) is 35.6 Å². The molecule has 1 saturated heterocycles. The maximum atomic E-state index is 12.0. The van der Waals surface area contributed by atoms with Crippen molar-refractivity contribution in [2.45, 2.75) is 19.1 Å². The summed E-state index contributed by atoms with van der Waals surface area (Å²) in [6.07, 6.45) is -0.437. The first-order valence-corrected chi connectivity index (χ1v) is 7.99. The molecule has 0 aliphatic carbocycles. The van der Waals surface area contributed by atoms with Gasteiger partial charge in [0.25, 0.3) is 5.91 Å². The van der Waals surface area contributed by atoms with Gasteiger partial charge in [-0.2, -0.15) is 0 Å². The Kier molecular flexibility index (Phi) is 7.98. The van der Waals surface area contributed by atoms with Crippen LogP contribution >= 0.6 is 28.3 Å². The van der Waals surface area contributed by atoms with Gasteiger partial charge in [0.1, 0.15) is 6.04 Å². The van der Waals surface area contributed by atoms with E-state index in [9.17, 15) is 14.7 Å². The van der Waals surface area contributed by atoms with Gasteiger partial charge in [0.2, 0.25) is 5.91 Å². The number of carbonyl (C=O) groups excluding carboxylic acids is 2. The smallest absolute Gasteiger partial charge is 0.251 e. The lowest BCUT2D eigenvalue weighted by molar-refractivity contribution is -0.122. The number of β-amino-alcohol motifs (C(OH)–C–C–N with tert-alkyl or cyclic N) is 1. The number of aliphatic hydroxyl groups excluding tert-OH is 1. The van der Waals surface area contributed by atoms with Gasteiger partial charge in [0.15, 0.2) is 0 Å². The molecule has 1 aliphatic rings. The Morgan fingerprint density at radius 2 is 2.00 bits per heavy atom. The van der Waals surface area contributed by atoms with Crippen molar-refractivity contribution in [1.29, 1.82) is 0 Å². The van der Waals surface area contributed by atoms with Gasteiger partial charge in [-0.15, -0.1) is 12.4 Å². The summed E-state index contributed by atoms with van der Waals surface area (Å²) in [5, 5.41) is 18.1. The van der Waals surface area contributed by atoms with Crippen LogP contribution in [0.5, 0.6) is 0 Å². The highest BCUT2D eigenvalue weighted by atomic mass is 79.9. The van der Waals surface area contributed by atoms with Gasteiger partial charge in [-0.3, -0.25) is 9.59 Å². The van der Waals surface area contributed by atoms with E-state index in [0.29, 0.717) is 25.2 Å². The monoisotopic (exact) mass is 405 g/mol. The Morgan fingerprint density at radius 1 is 1.35 bits per heavy atom. The number of nitrogens with one attached hydrogen (secondary N) is 3. The van der Waals surface area contributed by atoms with Crippen LogP contribution in [0.25, 0.3) is 0 Å². The molecule has 1 aliphatic heterocycles. The number of amides is 2. The predicted octanol–water partition coefficient (Wildman–Crippen LogP) is 0.686. The fraction of sp³-hybridized carbons (Fsp3) is 0.467. The van der Waals surface area contributed by atoms with Crippen LogP contribution in [0.1, 0.15) is 17.3 Å². The number of rotatable bonds is 5. The van der Waals surface area contributed by atoms with Crippen LogP contribution in [0.15, 0.2) is 28.7 Å². The topological polar surface area (TPSA) is 90.5 Å². The van der Waals surface area contributed by atoms with E-state index in [0.717, 1.165) is 4.47 Å². The molecule has 4 N–H and O–H groups in total. The summed E-state index contributed by atoms with van der Waals surface area (Å²) in [5.74, 6) is -0.541. The van der Waals surface area contributed by atoms with Gasteiger partial charge in [-0.05, 0) is 31.2 Å². The first-order valence-electron chi connectivity index (χ1n) is 7.20. The van der Waals surface area contributed by atoms with Gasteiger partial charge < -0.3 is 21.1 Å². The molecule has 1 fully saturated rings. The summed E-state index contributed by atoms with van der Waals surface area (Å²) >= 11 is 3.30. The van der Waals surface area contributed by atoms with E-state index >= 15 is 0 Å². The maximum Gasteiger partial charge on any atom is 0.251 e. The minimum Gasteiger partial charge on any atom is -0.391 e. The van der Waals surface area contributed by atoms with Crippen LogP contribution in [0.2, 0.25) is 0 Å². The molecular formula is C15H21BrClN3O3. The first-order chi connectivity index (χ1) is 10.5. The summed E-state index contributed by atoms with van der Waals surface area (Å²) in [4.78, 5) is 24.0. The lowest BCUT2D eigenvalue weighted by atomic mass is 10.1. The zero-order valence-electron chi connectivity index (χ0n) is 12.7. The normalized spacial score (nSPS) is 21.2. The molecule has 0 saturated carbocycles. The van der Waals surface area contributed by atoms with Crippen LogP contribution < -0.4 is 16.0 Å². The third kappa shape index (κ3) is 5.76. The lowest BCUT2D eigenvalue weighted by Gasteiger charge is -2.17. The first kappa shape index (κ1) is 19.9. The molecule has 0 spiro atoms. The average molecular weight is 407 g/mol. The molecule has 1 aromatic rings. The fourth-order valence-corrected chi connectivity index (χ4v) is 2.52. The molecule has 23 heavy (non-hydrogen) atoms. The molecule has 8 heteroatoms. The number of aliphatic hydroxyl groups is 1. The summed E-state index contributed by atoms with van der Waals surface area (Å²) in [6, 6.07) is 6.28. The van der Waals surface area contributed by atoms with Gasteiger partial charge in [-0.1, -0.05) is 15.9 Å². The molecule has 0 radical (unpaired) electrons. The Balaban J connectivity index is 0.00000264. The van der Waals surface area contributed by atoms with Gasteiger partial charge in [0.05, 0.1) is 6.10 Å². The molecular weight excluding hydrogens is 386 g/mol. The van der Waals surface area contributed by atoms with Crippen molar-refractivity contribution in [3.05, 3.63) is 34.3 Å². The van der Waals surface area contributed by atoms with Crippen molar-refractivity contribution < 1.29 is 14.7 Å². The molecule has 0 bridgehead atoms. The molecule has 1 aromatic carbocycles. The van der Waals surface area contributed by atoms with Crippen LogP contribution in [0.3, 0.4) is 0 Å². The lowest BCUT2D eigenvalue weighted by Crippen LogP contribution is -2.46. The fourth-order valence-electron chi connectivity index (χ4n) is 2.26. The highest BCUT2D eigenvalue weighted by molar-refractivity contribution is 9.10. The van der Waals surface area contributed by atoms with Gasteiger partial charge in [-0.25, -0.2) is 0 Å². The molecule has 2 rings (SSSR count). The highest BCUT2D eigenvalue weighted by Gasteiger charge is 2.26. The minimum absolute atomic E-state index is 0. The van der Waals surface area contributed by atoms with Crippen molar-refractivity contribution in [2.24, 2.45) is 5.92 Å². The molecule has 6 nitrogen and oxygen atoms in total. The summed E-state index contributed by atoms with van der Waals surface area (Å²) < 4.78 is 0.888. The molecule has 3 atom stereocenters. The molecule has 0 aromatic heterocycles. The van der Waals surface area contributed by atoms with Crippen LogP contribution in [-0.2, 0) is 4.79 Å². The van der Waals surface area contributed by atoms with E-state index in [4.69, 9.17) is 0 Å². The van der Waals surface area contributed by atoms with E-state index in [-0.39, 0.29) is 30.1 Å². The Bertz CT molecular complexity index is 541. The zero-order valence-corrected chi connectivity index (χ0v) is 15.1. The van der Waals surface area contributed by atoms with Crippen molar-refractivity contribution in [3.8, 4) is 0 Å². The van der Waals surface area contributed by atoms with Crippen molar-refractivity contribution in [3.63, 3.8) is 0 Å². The van der Waals surface area contributed by atoms with E-state index in [1.807, 2.05) is 0 Å². The standard InChI is InChI=1S/C15H20BrN3O3.ClH/c1-9(14(21)18-7-11-6-17-8-13(11)20)19-15(22)10-2-4-12(16)5-3-10;/h2-5,9,11,13,17,20H,6-8H2,1H3,(H,18,21)(H,19,22);1H. The molecule has 128 valence electrons. The number of hydrogen-bond acceptors (Lipinski definition) is 4. The van der Waals surface area contributed by atoms with Crippen molar-refractivity contribution >= 4 is 40.2 Å². The second-order valence-corrected chi connectivity index (χ2v) is 6.35. The second-order valence-electron chi connectivity index (χ2n) is 5.43. The zero-order chi connectivity index (χ0) is 16.1. The summed E-state index contributed by atoms with van der Waals surface area (Å²) in [7, 11) is 0. The molecule has 3 unspecified atom stereocenters. The van der Waals surface area contributed by atoms with Crippen molar-refractivity contribution in [1.82, 2.24) is 16.0 Å². The van der Waals surface area contributed by atoms with E-state index in [1.165, 1.54) is 0 Å². The van der Waals surface area contributed by atoms with Crippen LogP contribution in [0, 0.1) is 5.92 Å². The Labute approximate surface area is 149 Å². The average Bonchev–Trinajstić information content (AvgIpc) is 2.90. The minimum atomic E-state index is -0.636. The summed E-state index contributed by atoms with van der Waals surface area (Å²) in [5.41, 5.74) is 0.498. The number of halogens is 2. The SMILES string of the molecule is CC(NC(=O)c1ccc(Br)cc1)C(=O)NCC1CNCC1O.Cl. The predicted molar refractivity (Wildman–Crippen MR) is 93.7 cm³/mol. The number of hydrogen-bond donors (Lipinski definition) is 4. The molecule has 1 heterocycles. The third-order valence-electron chi connectivity index (χ3n) is 3.69. The largest absolute Gasteiger partial charge is 0.391 e. The third-order valence-corrected chi connectivity index (χ3v) is 4.22. The van der Waals surface area contributed by atoms with Crippen molar-refractivity contribution in [2.75, 3.05) is 19.6 Å². The Hall–Kier alpha value is -1.15. The van der Waals surface area contributed by atoms with Gasteiger partial charge >= 0.3 is 0 Å². The Morgan fingerprint density at radius 3 is 2.57 bits per heavy atom. The number of benzene rings is 1. The highest BCUT2D eigenvalue weighted by Crippen LogP contribution is 2.10. The quantitative estimate of drug-likeness (QED) is 0.579. The van der Waals surface area contributed by atoms with E-state index in [2.05, 4.69) is 31.9 Å². The van der Waals surface area contributed by atoms with E-state index in [1.54, 1.807) is 31.2 Å². The second kappa shape index (κ2) is 9.22. The number of carbonyl (C=O) groups is 2. The summed E-state index contributed by atoms with van der Waals surface area (Å²) in [6.45, 7) is 3.26. The molecule has 2 amide bonds. The van der Waals surface area contributed by atoms with Crippen LogP contribution in [-0.4, -0.2) is 48.7 Å². The van der Waals surface area contributed by atoms with Crippen LogP contribution in [0.4, 0.5) is 0 Å².